The molecular weight excluding hydrogens is 272 g/mol. The zero-order chi connectivity index (χ0) is 17.0. The molecule has 0 bridgehead atoms. The van der Waals surface area contributed by atoms with E-state index in [-0.39, 0.29) is 5.60 Å². The molecule has 2 heteroatoms. The Bertz CT molecular complexity index is 243. The second-order valence-electron chi connectivity index (χ2n) is 7.88. The van der Waals surface area contributed by atoms with Gasteiger partial charge in [-0.2, -0.15) is 0 Å². The van der Waals surface area contributed by atoms with Crippen molar-refractivity contribution in [2.45, 2.75) is 111 Å². The number of hydrogen-bond donors (Lipinski definition) is 0. The number of hydrogen-bond acceptors (Lipinski definition) is 2. The molecule has 0 aliphatic rings. The van der Waals surface area contributed by atoms with Crippen molar-refractivity contribution in [2.24, 2.45) is 5.92 Å². The molecule has 0 fully saturated rings. The molecule has 0 N–H and O–H groups in total. The van der Waals surface area contributed by atoms with E-state index >= 15 is 0 Å². The molecule has 0 saturated carbocycles. The molecule has 0 aliphatic carbocycles. The number of rotatable bonds is 13. The molecule has 133 valence electrons. The normalized spacial score (nSPS) is 15.3. The van der Waals surface area contributed by atoms with E-state index in [2.05, 4.69) is 54.9 Å². The summed E-state index contributed by atoms with van der Waals surface area (Å²) in [6.07, 6.45) is 11.3. The fourth-order valence-corrected chi connectivity index (χ4v) is 2.62. The highest BCUT2D eigenvalue weighted by molar-refractivity contribution is 4.76. The van der Waals surface area contributed by atoms with E-state index < -0.39 is 0 Å². The van der Waals surface area contributed by atoms with E-state index in [0.717, 1.165) is 32.3 Å². The Balaban J connectivity index is 4.01. The minimum Gasteiger partial charge on any atom is -0.378 e. The van der Waals surface area contributed by atoms with Crippen LogP contribution in [-0.4, -0.2) is 24.4 Å². The fraction of sp³-hybridized carbons (Fsp3) is 0.950. The number of unbranched alkanes of at least 4 members (excludes halogenated alkanes) is 1. The van der Waals surface area contributed by atoms with Crippen LogP contribution in [0.1, 0.15) is 93.4 Å². The van der Waals surface area contributed by atoms with Gasteiger partial charge in [0.05, 0.1) is 17.8 Å². The Hall–Kier alpha value is -0.0800. The van der Waals surface area contributed by atoms with Gasteiger partial charge >= 0.3 is 0 Å². The minimum atomic E-state index is -0.0429. The van der Waals surface area contributed by atoms with Crippen molar-refractivity contribution in [3.63, 3.8) is 0 Å². The van der Waals surface area contributed by atoms with Crippen LogP contribution < -0.4 is 0 Å². The van der Waals surface area contributed by atoms with Gasteiger partial charge < -0.3 is 9.47 Å². The second kappa shape index (κ2) is 12.4. The van der Waals surface area contributed by atoms with Gasteiger partial charge in [-0.25, -0.2) is 0 Å². The number of ether oxygens (including phenoxy) is 2. The molecular formula is C20H41O2. The summed E-state index contributed by atoms with van der Waals surface area (Å²) in [5, 5.41) is 0. The Morgan fingerprint density at radius 1 is 0.909 bits per heavy atom. The van der Waals surface area contributed by atoms with Crippen LogP contribution in [0.15, 0.2) is 0 Å². The highest BCUT2D eigenvalue weighted by Gasteiger charge is 2.18. The zero-order valence-electron chi connectivity index (χ0n) is 16.3. The van der Waals surface area contributed by atoms with E-state index in [9.17, 15) is 0 Å². The first-order valence-electron chi connectivity index (χ1n) is 9.39. The zero-order valence-corrected chi connectivity index (χ0v) is 16.3. The summed E-state index contributed by atoms with van der Waals surface area (Å²) in [5.74, 6) is 0.623. The maximum absolute atomic E-state index is 6.15. The Morgan fingerprint density at radius 2 is 1.50 bits per heavy atom. The summed E-state index contributed by atoms with van der Waals surface area (Å²) in [7, 11) is 0. The molecule has 0 heterocycles. The standard InChI is InChI=1S/C20H41O2/c1-8-12-18(21-16-17(3)4)14-10-11-15-19(13-9-2)22-20(5,6)7/h11,17-19H,8-10,12-16H2,1-7H3. The minimum absolute atomic E-state index is 0.0429. The van der Waals surface area contributed by atoms with Crippen molar-refractivity contribution in [1.82, 2.24) is 0 Å². The van der Waals surface area contributed by atoms with Crippen LogP contribution in [0, 0.1) is 12.3 Å². The van der Waals surface area contributed by atoms with Crippen LogP contribution >= 0.6 is 0 Å². The summed E-state index contributed by atoms with van der Waals surface area (Å²) in [6.45, 7) is 16.2. The Kier molecular flexibility index (Phi) is 12.3. The van der Waals surface area contributed by atoms with Crippen LogP contribution in [0.5, 0.6) is 0 Å². The SMILES string of the molecule is CCCC(CC[CH]CC(CCC)OC(C)(C)C)OCC(C)C. The lowest BCUT2D eigenvalue weighted by Crippen LogP contribution is -2.27. The summed E-state index contributed by atoms with van der Waals surface area (Å²) >= 11 is 0. The van der Waals surface area contributed by atoms with Gasteiger partial charge in [0.2, 0.25) is 0 Å². The summed E-state index contributed by atoms with van der Waals surface area (Å²) in [4.78, 5) is 0. The molecule has 0 aromatic rings. The van der Waals surface area contributed by atoms with Crippen molar-refractivity contribution >= 4 is 0 Å². The van der Waals surface area contributed by atoms with Gasteiger partial charge in [0.15, 0.2) is 0 Å². The van der Waals surface area contributed by atoms with Crippen molar-refractivity contribution in [3.05, 3.63) is 6.42 Å². The first kappa shape index (κ1) is 21.9. The van der Waals surface area contributed by atoms with Crippen LogP contribution in [-0.2, 0) is 9.47 Å². The van der Waals surface area contributed by atoms with Gasteiger partial charge in [0, 0.05) is 6.61 Å². The van der Waals surface area contributed by atoms with Gasteiger partial charge in [0.25, 0.3) is 0 Å². The van der Waals surface area contributed by atoms with Crippen molar-refractivity contribution in [1.29, 1.82) is 0 Å². The van der Waals surface area contributed by atoms with Crippen LogP contribution in [0.4, 0.5) is 0 Å². The average Bonchev–Trinajstić information content (AvgIpc) is 2.39. The van der Waals surface area contributed by atoms with Gasteiger partial charge in [-0.3, -0.25) is 0 Å². The third-order valence-electron chi connectivity index (χ3n) is 3.53. The quantitative estimate of drug-likeness (QED) is 0.378. The average molecular weight is 314 g/mol. The molecule has 0 saturated heterocycles. The van der Waals surface area contributed by atoms with Gasteiger partial charge in [-0.15, -0.1) is 0 Å². The van der Waals surface area contributed by atoms with E-state index in [4.69, 9.17) is 9.47 Å². The molecule has 0 spiro atoms. The third-order valence-corrected chi connectivity index (χ3v) is 3.53. The molecule has 22 heavy (non-hydrogen) atoms. The highest BCUT2D eigenvalue weighted by Crippen LogP contribution is 2.20. The topological polar surface area (TPSA) is 18.5 Å². The molecule has 0 aliphatic heterocycles. The smallest absolute Gasteiger partial charge is 0.0602 e. The van der Waals surface area contributed by atoms with Gasteiger partial charge in [0.1, 0.15) is 0 Å². The van der Waals surface area contributed by atoms with E-state index in [1.807, 2.05) is 0 Å². The molecule has 0 aromatic heterocycles. The monoisotopic (exact) mass is 313 g/mol. The summed E-state index contributed by atoms with van der Waals surface area (Å²) < 4.78 is 12.2. The predicted molar refractivity (Wildman–Crippen MR) is 97.2 cm³/mol. The van der Waals surface area contributed by atoms with Crippen molar-refractivity contribution < 1.29 is 9.47 Å². The maximum Gasteiger partial charge on any atom is 0.0602 e. The van der Waals surface area contributed by atoms with E-state index in [0.29, 0.717) is 18.1 Å². The van der Waals surface area contributed by atoms with Crippen molar-refractivity contribution in [2.75, 3.05) is 6.61 Å². The van der Waals surface area contributed by atoms with Gasteiger partial charge in [-0.1, -0.05) is 40.5 Å². The fourth-order valence-electron chi connectivity index (χ4n) is 2.62. The highest BCUT2D eigenvalue weighted by atomic mass is 16.5. The predicted octanol–water partition coefficient (Wildman–Crippen LogP) is 6.19. The lowest BCUT2D eigenvalue weighted by atomic mass is 10.0. The largest absolute Gasteiger partial charge is 0.378 e. The summed E-state index contributed by atoms with van der Waals surface area (Å²) in [6, 6.07) is 0. The lowest BCUT2D eigenvalue weighted by Gasteiger charge is -2.27. The first-order valence-corrected chi connectivity index (χ1v) is 9.39. The second-order valence-corrected chi connectivity index (χ2v) is 7.88. The maximum atomic E-state index is 6.15. The molecule has 0 aromatic carbocycles. The van der Waals surface area contributed by atoms with Crippen LogP contribution in [0.25, 0.3) is 0 Å². The van der Waals surface area contributed by atoms with Crippen LogP contribution in [0.3, 0.4) is 0 Å². The molecule has 0 rings (SSSR count). The van der Waals surface area contributed by atoms with E-state index in [1.165, 1.54) is 19.3 Å². The molecule has 2 unspecified atom stereocenters. The molecule has 1 radical (unpaired) electrons. The molecule has 0 amide bonds. The van der Waals surface area contributed by atoms with E-state index in [1.54, 1.807) is 0 Å². The molecule has 2 atom stereocenters. The summed E-state index contributed by atoms with van der Waals surface area (Å²) in [5.41, 5.74) is -0.0429. The Morgan fingerprint density at radius 3 is 2.00 bits per heavy atom. The first-order chi connectivity index (χ1) is 10.3. The Labute approximate surface area is 140 Å². The molecule has 2 nitrogen and oxygen atoms in total. The lowest BCUT2D eigenvalue weighted by molar-refractivity contribution is -0.0634. The van der Waals surface area contributed by atoms with Crippen LogP contribution in [0.2, 0.25) is 0 Å². The van der Waals surface area contributed by atoms with Crippen molar-refractivity contribution in [3.8, 4) is 0 Å². The third kappa shape index (κ3) is 13.6. The van der Waals surface area contributed by atoms with Gasteiger partial charge in [-0.05, 0) is 65.2 Å².